The molecule has 1 saturated heterocycles. The minimum Gasteiger partial charge on any atom is -0.356 e. The zero-order valence-corrected chi connectivity index (χ0v) is 21.2. The molecular formula is C22H36IN7O. The van der Waals surface area contributed by atoms with Crippen molar-refractivity contribution in [3.8, 4) is 0 Å². The Labute approximate surface area is 202 Å². The van der Waals surface area contributed by atoms with Crippen molar-refractivity contribution in [3.63, 3.8) is 0 Å². The van der Waals surface area contributed by atoms with Crippen LogP contribution in [-0.2, 0) is 11.2 Å². The third-order valence-corrected chi connectivity index (χ3v) is 5.49. The molecule has 1 aliphatic heterocycles. The number of pyridine rings is 1. The van der Waals surface area contributed by atoms with Gasteiger partial charge in [0.15, 0.2) is 5.96 Å². The molecule has 0 saturated carbocycles. The van der Waals surface area contributed by atoms with Crippen LogP contribution in [-0.4, -0.2) is 72.0 Å². The van der Waals surface area contributed by atoms with E-state index in [4.69, 9.17) is 4.98 Å². The lowest BCUT2D eigenvalue weighted by Gasteiger charge is -2.32. The molecule has 2 aromatic rings. The first-order chi connectivity index (χ1) is 14.6. The Morgan fingerprint density at radius 3 is 2.71 bits per heavy atom. The second-order valence-corrected chi connectivity index (χ2v) is 7.95. The maximum absolute atomic E-state index is 11.9. The minimum absolute atomic E-state index is 0. The number of carbonyl (C=O) groups excluding carboxylic acids is 1. The van der Waals surface area contributed by atoms with Gasteiger partial charge in [-0.25, -0.2) is 4.98 Å². The number of fused-ring (bicyclic) bond motifs is 1. The Bertz CT molecular complexity index is 859. The summed E-state index contributed by atoms with van der Waals surface area (Å²) in [5.74, 6) is 0.956. The standard InChI is InChI=1S/C22H35N7O.HI/c1-4-10-24-20(30)16-28-13-8-18(9-14-28)27-22(23-3)25-11-7-19-15-29-12-5-6-17(2)21(29)26-19;/h5-6,12,15,18H,4,7-11,13-14,16H2,1-3H3,(H,24,30)(H2,23,25,27);1H. The summed E-state index contributed by atoms with van der Waals surface area (Å²) in [4.78, 5) is 23.2. The number of aliphatic imine (C=N–C) groups is 1. The summed E-state index contributed by atoms with van der Waals surface area (Å²) in [6.07, 6.45) is 7.95. The first-order valence-corrected chi connectivity index (χ1v) is 11.0. The molecule has 0 aliphatic carbocycles. The molecule has 0 radical (unpaired) electrons. The molecule has 1 amide bonds. The zero-order valence-electron chi connectivity index (χ0n) is 18.9. The van der Waals surface area contributed by atoms with E-state index in [1.54, 1.807) is 7.05 Å². The van der Waals surface area contributed by atoms with Crippen LogP contribution in [0.5, 0.6) is 0 Å². The van der Waals surface area contributed by atoms with Gasteiger partial charge in [-0.2, -0.15) is 0 Å². The normalized spacial score (nSPS) is 15.5. The van der Waals surface area contributed by atoms with Gasteiger partial charge < -0.3 is 20.4 Å². The first-order valence-electron chi connectivity index (χ1n) is 11.0. The number of aryl methyl sites for hydroxylation is 1. The van der Waals surface area contributed by atoms with Gasteiger partial charge in [0.2, 0.25) is 5.91 Å². The van der Waals surface area contributed by atoms with Crippen LogP contribution in [0.1, 0.15) is 37.4 Å². The van der Waals surface area contributed by atoms with E-state index < -0.39 is 0 Å². The van der Waals surface area contributed by atoms with Gasteiger partial charge in [-0.3, -0.25) is 14.7 Å². The van der Waals surface area contributed by atoms with Crippen LogP contribution in [0.4, 0.5) is 0 Å². The number of nitrogens with zero attached hydrogens (tertiary/aromatic N) is 4. The van der Waals surface area contributed by atoms with Crippen LogP contribution >= 0.6 is 24.0 Å². The Kier molecular flexibility index (Phi) is 10.5. The fourth-order valence-electron chi connectivity index (χ4n) is 3.78. The van der Waals surface area contributed by atoms with Gasteiger partial charge in [-0.05, 0) is 37.8 Å². The van der Waals surface area contributed by atoms with Crippen molar-refractivity contribution in [1.82, 2.24) is 30.2 Å². The van der Waals surface area contributed by atoms with Crippen molar-refractivity contribution in [1.29, 1.82) is 0 Å². The molecule has 3 rings (SSSR count). The summed E-state index contributed by atoms with van der Waals surface area (Å²) in [6, 6.07) is 4.50. The highest BCUT2D eigenvalue weighted by molar-refractivity contribution is 14.0. The van der Waals surface area contributed by atoms with E-state index in [1.807, 2.05) is 12.3 Å². The van der Waals surface area contributed by atoms with Gasteiger partial charge in [-0.15, -0.1) is 24.0 Å². The molecule has 0 aromatic carbocycles. The number of aromatic nitrogens is 2. The van der Waals surface area contributed by atoms with Gasteiger partial charge in [0.25, 0.3) is 0 Å². The Morgan fingerprint density at radius 1 is 1.26 bits per heavy atom. The van der Waals surface area contributed by atoms with Gasteiger partial charge >= 0.3 is 0 Å². The monoisotopic (exact) mass is 541 g/mol. The van der Waals surface area contributed by atoms with E-state index in [-0.39, 0.29) is 29.9 Å². The molecule has 8 nitrogen and oxygen atoms in total. The highest BCUT2D eigenvalue weighted by Gasteiger charge is 2.21. The van der Waals surface area contributed by atoms with E-state index in [9.17, 15) is 4.79 Å². The molecule has 1 aliphatic rings. The maximum atomic E-state index is 11.9. The summed E-state index contributed by atoms with van der Waals surface area (Å²) in [5, 5.41) is 9.87. The van der Waals surface area contributed by atoms with Crippen LogP contribution in [0.2, 0.25) is 0 Å². The lowest BCUT2D eigenvalue weighted by molar-refractivity contribution is -0.122. The molecule has 31 heavy (non-hydrogen) atoms. The van der Waals surface area contributed by atoms with Gasteiger partial charge in [-0.1, -0.05) is 13.0 Å². The SMILES string of the molecule is CCCNC(=O)CN1CCC(NC(=NC)NCCc2cn3cccc(C)c3n2)CC1.I. The van der Waals surface area contributed by atoms with Crippen molar-refractivity contribution in [2.75, 3.05) is 39.8 Å². The third kappa shape index (κ3) is 7.64. The van der Waals surface area contributed by atoms with Crippen molar-refractivity contribution in [3.05, 3.63) is 35.8 Å². The lowest BCUT2D eigenvalue weighted by atomic mass is 10.1. The van der Waals surface area contributed by atoms with E-state index in [0.29, 0.717) is 12.6 Å². The molecule has 0 spiro atoms. The van der Waals surface area contributed by atoms with Gasteiger partial charge in [0.1, 0.15) is 5.65 Å². The summed E-state index contributed by atoms with van der Waals surface area (Å²) in [7, 11) is 1.80. The van der Waals surface area contributed by atoms with Crippen molar-refractivity contribution < 1.29 is 4.79 Å². The van der Waals surface area contributed by atoms with E-state index in [1.165, 1.54) is 5.56 Å². The smallest absolute Gasteiger partial charge is 0.234 e. The summed E-state index contributed by atoms with van der Waals surface area (Å²) < 4.78 is 2.08. The highest BCUT2D eigenvalue weighted by Crippen LogP contribution is 2.11. The average molecular weight is 541 g/mol. The number of nitrogens with one attached hydrogen (secondary N) is 3. The third-order valence-electron chi connectivity index (χ3n) is 5.49. The van der Waals surface area contributed by atoms with Crippen molar-refractivity contribution in [2.24, 2.45) is 4.99 Å². The molecule has 1 fully saturated rings. The first kappa shape index (κ1) is 25.4. The van der Waals surface area contributed by atoms with Crippen molar-refractivity contribution >= 4 is 41.5 Å². The molecule has 9 heteroatoms. The number of rotatable bonds is 8. The second-order valence-electron chi connectivity index (χ2n) is 7.95. The average Bonchev–Trinajstić information content (AvgIpc) is 3.17. The summed E-state index contributed by atoms with van der Waals surface area (Å²) in [5.41, 5.74) is 3.27. The van der Waals surface area contributed by atoms with Gasteiger partial charge in [0.05, 0.1) is 12.2 Å². The van der Waals surface area contributed by atoms with Crippen LogP contribution < -0.4 is 16.0 Å². The van der Waals surface area contributed by atoms with Crippen LogP contribution in [0.3, 0.4) is 0 Å². The Balaban J connectivity index is 0.00000341. The Morgan fingerprint density at radius 2 is 2.03 bits per heavy atom. The number of hydrogen-bond donors (Lipinski definition) is 3. The Hall–Kier alpha value is -1.88. The highest BCUT2D eigenvalue weighted by atomic mass is 127. The lowest BCUT2D eigenvalue weighted by Crippen LogP contribution is -2.50. The number of halogens is 1. The molecule has 172 valence electrons. The molecule has 0 atom stereocenters. The quantitative estimate of drug-likeness (QED) is 0.270. The van der Waals surface area contributed by atoms with E-state index in [0.717, 1.165) is 69.2 Å². The molecule has 0 unspecified atom stereocenters. The van der Waals surface area contributed by atoms with Crippen molar-refractivity contribution in [2.45, 2.75) is 45.6 Å². The second kappa shape index (κ2) is 12.8. The predicted octanol–water partition coefficient (Wildman–Crippen LogP) is 1.96. The summed E-state index contributed by atoms with van der Waals surface area (Å²) in [6.45, 7) is 8.03. The molecule has 2 aromatic heterocycles. The fraction of sp³-hybridized carbons (Fsp3) is 0.591. The predicted molar refractivity (Wildman–Crippen MR) is 136 cm³/mol. The number of likely N-dealkylation sites (tertiary alicyclic amines) is 1. The molecular weight excluding hydrogens is 505 g/mol. The zero-order chi connectivity index (χ0) is 21.3. The van der Waals surface area contributed by atoms with Crippen LogP contribution in [0.25, 0.3) is 5.65 Å². The molecule has 3 N–H and O–H groups in total. The fourth-order valence-corrected chi connectivity index (χ4v) is 3.78. The topological polar surface area (TPSA) is 86.1 Å². The minimum atomic E-state index is 0. The maximum Gasteiger partial charge on any atom is 0.234 e. The van der Waals surface area contributed by atoms with Gasteiger partial charge in [0, 0.05) is 58.1 Å². The van der Waals surface area contributed by atoms with E-state index >= 15 is 0 Å². The van der Waals surface area contributed by atoms with Crippen LogP contribution in [0, 0.1) is 6.92 Å². The largest absolute Gasteiger partial charge is 0.356 e. The van der Waals surface area contributed by atoms with E-state index in [2.05, 4.69) is 56.4 Å². The number of hydrogen-bond acceptors (Lipinski definition) is 4. The number of amides is 1. The number of imidazole rings is 1. The number of piperidine rings is 1. The number of guanidine groups is 1. The summed E-state index contributed by atoms with van der Waals surface area (Å²) >= 11 is 0. The molecule has 0 bridgehead atoms. The van der Waals surface area contributed by atoms with Crippen LogP contribution in [0.15, 0.2) is 29.5 Å². The molecule has 3 heterocycles. The number of carbonyl (C=O) groups is 1.